The lowest BCUT2D eigenvalue weighted by Gasteiger charge is -2.12. The SMILES string of the molecule is CCCCCn1nc(C(=O)Nc2cccc(-c3ccn[nH]3)c2)c2ccccc2c1=O. The van der Waals surface area contributed by atoms with Gasteiger partial charge in [-0.25, -0.2) is 4.68 Å². The van der Waals surface area contributed by atoms with Crippen molar-refractivity contribution in [1.82, 2.24) is 20.0 Å². The second-order valence-electron chi connectivity index (χ2n) is 7.13. The Morgan fingerprint density at radius 1 is 1.07 bits per heavy atom. The highest BCUT2D eigenvalue weighted by atomic mass is 16.2. The Morgan fingerprint density at radius 2 is 1.90 bits per heavy atom. The molecule has 2 aromatic carbocycles. The molecule has 4 aromatic rings. The van der Waals surface area contributed by atoms with Crippen molar-refractivity contribution in [2.45, 2.75) is 32.7 Å². The lowest BCUT2D eigenvalue weighted by atomic mass is 10.1. The number of anilines is 1. The number of fused-ring (bicyclic) bond motifs is 1. The summed E-state index contributed by atoms with van der Waals surface area (Å²) in [4.78, 5) is 25.9. The number of unbranched alkanes of at least 4 members (excludes halogenated alkanes) is 2. The lowest BCUT2D eigenvalue weighted by Crippen LogP contribution is -2.27. The molecule has 0 aliphatic carbocycles. The lowest BCUT2D eigenvalue weighted by molar-refractivity contribution is 0.102. The highest BCUT2D eigenvalue weighted by Gasteiger charge is 2.17. The second kappa shape index (κ2) is 8.73. The fourth-order valence-electron chi connectivity index (χ4n) is 3.44. The molecule has 0 spiro atoms. The summed E-state index contributed by atoms with van der Waals surface area (Å²) in [6.45, 7) is 2.60. The van der Waals surface area contributed by atoms with Crippen molar-refractivity contribution in [2.24, 2.45) is 0 Å². The minimum Gasteiger partial charge on any atom is -0.321 e. The molecular weight excluding hydrogens is 378 g/mol. The molecule has 0 unspecified atom stereocenters. The van der Waals surface area contributed by atoms with E-state index in [1.165, 1.54) is 4.68 Å². The number of carbonyl (C=O) groups excluding carboxylic acids is 1. The first-order chi connectivity index (χ1) is 14.7. The van der Waals surface area contributed by atoms with Crippen molar-refractivity contribution >= 4 is 22.4 Å². The minimum absolute atomic E-state index is 0.167. The number of nitrogens with one attached hydrogen (secondary N) is 2. The summed E-state index contributed by atoms with van der Waals surface area (Å²) in [6.07, 6.45) is 4.57. The third-order valence-corrected chi connectivity index (χ3v) is 4.99. The van der Waals surface area contributed by atoms with E-state index in [2.05, 4.69) is 27.5 Å². The summed E-state index contributed by atoms with van der Waals surface area (Å²) < 4.78 is 1.41. The smallest absolute Gasteiger partial charge is 0.276 e. The van der Waals surface area contributed by atoms with Crippen molar-refractivity contribution in [1.29, 1.82) is 0 Å². The number of hydrogen-bond acceptors (Lipinski definition) is 4. The molecule has 0 aliphatic heterocycles. The van der Waals surface area contributed by atoms with Crippen LogP contribution in [0.3, 0.4) is 0 Å². The van der Waals surface area contributed by atoms with Crippen LogP contribution in [0.25, 0.3) is 22.0 Å². The van der Waals surface area contributed by atoms with Crippen LogP contribution in [0.5, 0.6) is 0 Å². The van der Waals surface area contributed by atoms with E-state index in [9.17, 15) is 9.59 Å². The monoisotopic (exact) mass is 401 g/mol. The van der Waals surface area contributed by atoms with Crippen LogP contribution in [-0.4, -0.2) is 25.9 Å². The van der Waals surface area contributed by atoms with Crippen LogP contribution < -0.4 is 10.9 Å². The van der Waals surface area contributed by atoms with Crippen LogP contribution in [-0.2, 0) is 6.54 Å². The van der Waals surface area contributed by atoms with Gasteiger partial charge in [-0.2, -0.15) is 10.2 Å². The summed E-state index contributed by atoms with van der Waals surface area (Å²) in [7, 11) is 0. The highest BCUT2D eigenvalue weighted by Crippen LogP contribution is 2.21. The molecule has 0 saturated heterocycles. The van der Waals surface area contributed by atoms with Gasteiger partial charge in [0.1, 0.15) is 0 Å². The number of benzene rings is 2. The molecule has 0 fully saturated rings. The van der Waals surface area contributed by atoms with Gasteiger partial charge in [-0.3, -0.25) is 14.7 Å². The number of aromatic amines is 1. The van der Waals surface area contributed by atoms with Gasteiger partial charge in [0.05, 0.1) is 11.1 Å². The number of amides is 1. The normalized spacial score (nSPS) is 11.0. The Balaban J connectivity index is 1.68. The van der Waals surface area contributed by atoms with E-state index in [0.717, 1.165) is 30.5 Å². The number of aromatic nitrogens is 4. The number of H-pyrrole nitrogens is 1. The Kier molecular flexibility index (Phi) is 5.70. The number of hydrogen-bond donors (Lipinski definition) is 2. The molecule has 30 heavy (non-hydrogen) atoms. The zero-order chi connectivity index (χ0) is 20.9. The van der Waals surface area contributed by atoms with Crippen LogP contribution in [0.15, 0.2) is 65.6 Å². The predicted molar refractivity (Wildman–Crippen MR) is 118 cm³/mol. The summed E-state index contributed by atoms with van der Waals surface area (Å²) in [5, 5.41) is 15.3. The van der Waals surface area contributed by atoms with Gasteiger partial charge in [0.25, 0.3) is 11.5 Å². The van der Waals surface area contributed by atoms with Gasteiger partial charge in [-0.1, -0.05) is 50.1 Å². The molecule has 0 atom stereocenters. The van der Waals surface area contributed by atoms with E-state index in [1.54, 1.807) is 30.5 Å². The number of carbonyl (C=O) groups is 1. The van der Waals surface area contributed by atoms with Gasteiger partial charge < -0.3 is 5.32 Å². The molecule has 7 nitrogen and oxygen atoms in total. The number of nitrogens with zero attached hydrogens (tertiary/aromatic N) is 3. The average Bonchev–Trinajstić information content (AvgIpc) is 3.31. The largest absolute Gasteiger partial charge is 0.321 e. The van der Waals surface area contributed by atoms with Gasteiger partial charge in [0.2, 0.25) is 0 Å². The maximum Gasteiger partial charge on any atom is 0.276 e. The van der Waals surface area contributed by atoms with Gasteiger partial charge in [0.15, 0.2) is 5.69 Å². The first-order valence-corrected chi connectivity index (χ1v) is 10.1. The molecule has 2 aromatic heterocycles. The Morgan fingerprint density at radius 3 is 2.67 bits per heavy atom. The van der Waals surface area contributed by atoms with Gasteiger partial charge in [-0.05, 0) is 30.7 Å². The third-order valence-electron chi connectivity index (χ3n) is 4.99. The molecular formula is C23H23N5O2. The molecule has 2 heterocycles. The molecule has 152 valence electrons. The molecule has 0 saturated carbocycles. The zero-order valence-electron chi connectivity index (χ0n) is 16.8. The first-order valence-electron chi connectivity index (χ1n) is 10.1. The van der Waals surface area contributed by atoms with Crippen LogP contribution in [0.2, 0.25) is 0 Å². The summed E-state index contributed by atoms with van der Waals surface area (Å²) >= 11 is 0. The Hall–Kier alpha value is -3.74. The Bertz CT molecular complexity index is 1230. The van der Waals surface area contributed by atoms with Crippen LogP contribution in [0, 0.1) is 0 Å². The molecule has 0 radical (unpaired) electrons. The average molecular weight is 401 g/mol. The van der Waals surface area contributed by atoms with E-state index < -0.39 is 0 Å². The second-order valence-corrected chi connectivity index (χ2v) is 7.13. The van der Waals surface area contributed by atoms with E-state index >= 15 is 0 Å². The van der Waals surface area contributed by atoms with Crippen molar-refractivity contribution in [3.63, 3.8) is 0 Å². The van der Waals surface area contributed by atoms with Gasteiger partial charge >= 0.3 is 0 Å². The maximum atomic E-state index is 13.1. The van der Waals surface area contributed by atoms with E-state index in [0.29, 0.717) is 23.0 Å². The summed E-state index contributed by atoms with van der Waals surface area (Å²) in [6, 6.07) is 16.5. The molecule has 0 bridgehead atoms. The van der Waals surface area contributed by atoms with E-state index in [4.69, 9.17) is 0 Å². The van der Waals surface area contributed by atoms with Crippen molar-refractivity contribution in [2.75, 3.05) is 5.32 Å². The molecule has 0 aliphatic rings. The topological polar surface area (TPSA) is 92.7 Å². The standard InChI is InChI=1S/C23H23N5O2/c1-2-3-6-14-28-23(30)19-11-5-4-10-18(19)21(27-28)22(29)25-17-9-7-8-16(15-17)20-12-13-24-26-20/h4-5,7-13,15H,2-3,6,14H2,1H3,(H,24,26)(H,25,29). The minimum atomic E-state index is -0.350. The number of aryl methyl sites for hydroxylation is 1. The molecule has 2 N–H and O–H groups in total. The van der Waals surface area contributed by atoms with Crippen molar-refractivity contribution < 1.29 is 4.79 Å². The number of rotatable bonds is 7. The fourth-order valence-corrected chi connectivity index (χ4v) is 3.44. The van der Waals surface area contributed by atoms with Crippen molar-refractivity contribution in [3.8, 4) is 11.3 Å². The molecule has 7 heteroatoms. The van der Waals surface area contributed by atoms with Crippen LogP contribution in [0.1, 0.15) is 36.7 Å². The van der Waals surface area contributed by atoms with Gasteiger partial charge in [0, 0.05) is 29.4 Å². The zero-order valence-corrected chi connectivity index (χ0v) is 16.8. The summed E-state index contributed by atoms with van der Waals surface area (Å²) in [5.41, 5.74) is 2.49. The third kappa shape index (κ3) is 4.00. The molecule has 4 rings (SSSR count). The van der Waals surface area contributed by atoms with Crippen LogP contribution >= 0.6 is 0 Å². The predicted octanol–water partition coefficient (Wildman–Crippen LogP) is 4.23. The quantitative estimate of drug-likeness (QED) is 0.453. The highest BCUT2D eigenvalue weighted by molar-refractivity contribution is 6.11. The fraction of sp³-hybridized carbons (Fsp3) is 0.217. The van der Waals surface area contributed by atoms with E-state index in [-0.39, 0.29) is 17.2 Å². The van der Waals surface area contributed by atoms with Crippen molar-refractivity contribution in [3.05, 3.63) is 76.8 Å². The molecule has 1 amide bonds. The maximum absolute atomic E-state index is 13.1. The Labute approximate surface area is 173 Å². The van der Waals surface area contributed by atoms with Crippen LogP contribution in [0.4, 0.5) is 5.69 Å². The van der Waals surface area contributed by atoms with E-state index in [1.807, 2.05) is 30.3 Å². The van der Waals surface area contributed by atoms with Gasteiger partial charge in [-0.15, -0.1) is 0 Å². The first kappa shape index (κ1) is 19.6. The summed E-state index contributed by atoms with van der Waals surface area (Å²) in [5.74, 6) is -0.350.